The van der Waals surface area contributed by atoms with E-state index in [4.69, 9.17) is 10.8 Å². The number of carboxylic acid groups (broad SMARTS) is 1. The van der Waals surface area contributed by atoms with Gasteiger partial charge >= 0.3 is 5.97 Å². The molecule has 0 aromatic heterocycles. The molecule has 0 saturated heterocycles. The van der Waals surface area contributed by atoms with E-state index < -0.39 is 12.6 Å². The SMILES string of the molecule is CC(CCN)CCC(=O)NOCC(=O)O. The molecule has 0 aromatic rings. The molecule has 0 aliphatic carbocycles. The fourth-order valence-corrected chi connectivity index (χ4v) is 1.04. The molecule has 0 heterocycles. The van der Waals surface area contributed by atoms with Crippen LogP contribution in [0.25, 0.3) is 0 Å². The topological polar surface area (TPSA) is 102 Å². The van der Waals surface area contributed by atoms with Crippen molar-refractivity contribution < 1.29 is 19.5 Å². The monoisotopic (exact) mass is 218 g/mol. The van der Waals surface area contributed by atoms with Gasteiger partial charge in [0.1, 0.15) is 0 Å². The molecule has 4 N–H and O–H groups in total. The molecule has 0 saturated carbocycles. The van der Waals surface area contributed by atoms with E-state index in [1.807, 2.05) is 6.92 Å². The number of carbonyl (C=O) groups excluding carboxylic acids is 1. The lowest BCUT2D eigenvalue weighted by molar-refractivity contribution is -0.149. The van der Waals surface area contributed by atoms with Gasteiger partial charge in [0.2, 0.25) is 5.91 Å². The molecule has 88 valence electrons. The van der Waals surface area contributed by atoms with Crippen LogP contribution in [0.2, 0.25) is 0 Å². The third-order valence-corrected chi connectivity index (χ3v) is 1.91. The van der Waals surface area contributed by atoms with Crippen LogP contribution >= 0.6 is 0 Å². The fraction of sp³-hybridized carbons (Fsp3) is 0.778. The van der Waals surface area contributed by atoms with Gasteiger partial charge in [0.05, 0.1) is 0 Å². The molecular weight excluding hydrogens is 200 g/mol. The highest BCUT2D eigenvalue weighted by atomic mass is 16.7. The molecule has 0 radical (unpaired) electrons. The molecular formula is C9H18N2O4. The van der Waals surface area contributed by atoms with Crippen molar-refractivity contribution in [2.24, 2.45) is 11.7 Å². The first kappa shape index (κ1) is 13.9. The summed E-state index contributed by atoms with van der Waals surface area (Å²) in [5, 5.41) is 8.22. The van der Waals surface area contributed by atoms with Gasteiger partial charge in [-0.15, -0.1) is 0 Å². The fourth-order valence-electron chi connectivity index (χ4n) is 1.04. The molecule has 1 unspecified atom stereocenters. The van der Waals surface area contributed by atoms with Crippen molar-refractivity contribution in [3.8, 4) is 0 Å². The first-order valence-electron chi connectivity index (χ1n) is 4.88. The third-order valence-electron chi connectivity index (χ3n) is 1.91. The molecule has 1 atom stereocenters. The number of rotatable bonds is 8. The molecule has 1 amide bonds. The van der Waals surface area contributed by atoms with Crippen molar-refractivity contribution in [1.82, 2.24) is 5.48 Å². The van der Waals surface area contributed by atoms with Crippen LogP contribution in [0, 0.1) is 5.92 Å². The quantitative estimate of drug-likeness (QED) is 0.493. The Labute approximate surface area is 88.7 Å². The van der Waals surface area contributed by atoms with Crippen LogP contribution in [-0.2, 0) is 14.4 Å². The second-order valence-corrected chi connectivity index (χ2v) is 3.43. The Bertz CT molecular complexity index is 208. The molecule has 0 aliphatic rings. The van der Waals surface area contributed by atoms with Crippen LogP contribution in [0.3, 0.4) is 0 Å². The van der Waals surface area contributed by atoms with Crippen molar-refractivity contribution in [2.45, 2.75) is 26.2 Å². The lowest BCUT2D eigenvalue weighted by atomic mass is 10.0. The lowest BCUT2D eigenvalue weighted by Crippen LogP contribution is -2.26. The first-order chi connectivity index (χ1) is 7.06. The predicted molar refractivity (Wildman–Crippen MR) is 53.8 cm³/mol. The number of hydroxylamine groups is 1. The van der Waals surface area contributed by atoms with Gasteiger partial charge in [-0.25, -0.2) is 10.3 Å². The van der Waals surface area contributed by atoms with Gasteiger partial charge in [-0.1, -0.05) is 6.92 Å². The zero-order chi connectivity index (χ0) is 11.7. The highest BCUT2D eigenvalue weighted by Crippen LogP contribution is 2.08. The van der Waals surface area contributed by atoms with Gasteiger partial charge in [-0.2, -0.15) is 0 Å². The standard InChI is InChI=1S/C9H18N2O4/c1-7(4-5-10)2-3-8(12)11-15-6-9(13)14/h7H,2-6,10H2,1H3,(H,11,12)(H,13,14). The van der Waals surface area contributed by atoms with E-state index in [2.05, 4.69) is 10.3 Å². The summed E-state index contributed by atoms with van der Waals surface area (Å²) in [6, 6.07) is 0. The molecule has 0 rings (SSSR count). The van der Waals surface area contributed by atoms with Crippen LogP contribution < -0.4 is 11.2 Å². The summed E-state index contributed by atoms with van der Waals surface area (Å²) in [6.07, 6.45) is 1.92. The molecule has 0 fully saturated rings. The summed E-state index contributed by atoms with van der Waals surface area (Å²) in [6.45, 7) is 2.10. The average molecular weight is 218 g/mol. The van der Waals surface area contributed by atoms with Gasteiger partial charge in [-0.3, -0.25) is 9.63 Å². The maximum Gasteiger partial charge on any atom is 0.332 e. The Balaban J connectivity index is 3.44. The van der Waals surface area contributed by atoms with Crippen LogP contribution in [-0.4, -0.2) is 30.1 Å². The van der Waals surface area contributed by atoms with Crippen LogP contribution in [0.4, 0.5) is 0 Å². The first-order valence-corrected chi connectivity index (χ1v) is 4.88. The van der Waals surface area contributed by atoms with Gasteiger partial charge < -0.3 is 10.8 Å². The maximum absolute atomic E-state index is 11.1. The second-order valence-electron chi connectivity index (χ2n) is 3.43. The Kier molecular flexibility index (Phi) is 7.57. The van der Waals surface area contributed by atoms with Crippen molar-refractivity contribution in [3.63, 3.8) is 0 Å². The summed E-state index contributed by atoms with van der Waals surface area (Å²) >= 11 is 0. The van der Waals surface area contributed by atoms with Gasteiger partial charge in [-0.05, 0) is 25.3 Å². The number of nitrogens with two attached hydrogens (primary N) is 1. The smallest absolute Gasteiger partial charge is 0.332 e. The van der Waals surface area contributed by atoms with Crippen LogP contribution in [0.15, 0.2) is 0 Å². The molecule has 6 nitrogen and oxygen atoms in total. The van der Waals surface area contributed by atoms with Crippen molar-refractivity contribution in [2.75, 3.05) is 13.2 Å². The van der Waals surface area contributed by atoms with E-state index in [1.165, 1.54) is 0 Å². The minimum Gasteiger partial charge on any atom is -0.479 e. The number of nitrogens with one attached hydrogen (secondary N) is 1. The molecule has 0 aliphatic heterocycles. The molecule has 0 aromatic carbocycles. The molecule has 6 heteroatoms. The van der Waals surface area contributed by atoms with Gasteiger partial charge in [0.25, 0.3) is 0 Å². The molecule has 0 bridgehead atoms. The summed E-state index contributed by atoms with van der Waals surface area (Å²) < 4.78 is 0. The van der Waals surface area contributed by atoms with Crippen LogP contribution in [0.5, 0.6) is 0 Å². The summed E-state index contributed by atoms with van der Waals surface area (Å²) in [7, 11) is 0. The predicted octanol–water partition coefficient (Wildman–Crippen LogP) is -0.116. The lowest BCUT2D eigenvalue weighted by Gasteiger charge is -2.09. The maximum atomic E-state index is 11.1. The number of carboxylic acids is 1. The Morgan fingerprint density at radius 2 is 2.13 bits per heavy atom. The van der Waals surface area contributed by atoms with Crippen LogP contribution in [0.1, 0.15) is 26.2 Å². The Hall–Kier alpha value is -1.14. The zero-order valence-corrected chi connectivity index (χ0v) is 8.86. The number of amides is 1. The number of carbonyl (C=O) groups is 2. The zero-order valence-electron chi connectivity index (χ0n) is 8.86. The summed E-state index contributed by atoms with van der Waals surface area (Å²) in [5.74, 6) is -1.04. The van der Waals surface area contributed by atoms with Crippen molar-refractivity contribution >= 4 is 11.9 Å². The average Bonchev–Trinajstić information content (AvgIpc) is 2.14. The minimum absolute atomic E-state index is 0.305. The minimum atomic E-state index is -1.12. The highest BCUT2D eigenvalue weighted by Gasteiger charge is 2.06. The van der Waals surface area contributed by atoms with Crippen molar-refractivity contribution in [3.05, 3.63) is 0 Å². The summed E-state index contributed by atoms with van der Waals surface area (Å²) in [5.41, 5.74) is 7.42. The normalized spacial score (nSPS) is 12.1. The third kappa shape index (κ3) is 9.17. The number of hydrogen-bond donors (Lipinski definition) is 3. The molecule has 0 spiro atoms. The van der Waals surface area contributed by atoms with Crippen molar-refractivity contribution in [1.29, 1.82) is 0 Å². The molecule has 15 heavy (non-hydrogen) atoms. The van der Waals surface area contributed by atoms with E-state index in [9.17, 15) is 9.59 Å². The summed E-state index contributed by atoms with van der Waals surface area (Å²) in [4.78, 5) is 25.5. The highest BCUT2D eigenvalue weighted by molar-refractivity contribution is 5.75. The Morgan fingerprint density at radius 1 is 1.47 bits per heavy atom. The van der Waals surface area contributed by atoms with Gasteiger partial charge in [0, 0.05) is 6.42 Å². The Morgan fingerprint density at radius 3 is 2.67 bits per heavy atom. The van der Waals surface area contributed by atoms with E-state index >= 15 is 0 Å². The number of hydrogen-bond acceptors (Lipinski definition) is 4. The van der Waals surface area contributed by atoms with E-state index in [-0.39, 0.29) is 5.91 Å². The number of aliphatic carboxylic acids is 1. The van der Waals surface area contributed by atoms with E-state index in [1.54, 1.807) is 0 Å². The second kappa shape index (κ2) is 8.19. The van der Waals surface area contributed by atoms with Gasteiger partial charge in [0.15, 0.2) is 6.61 Å². The van der Waals surface area contributed by atoms with E-state index in [0.717, 1.165) is 12.8 Å². The van der Waals surface area contributed by atoms with E-state index in [0.29, 0.717) is 18.9 Å². The largest absolute Gasteiger partial charge is 0.479 e.